The zero-order chi connectivity index (χ0) is 13.9. The fraction of sp³-hybridized carbons (Fsp3) is 0.300. The number of hydrogen-bond acceptors (Lipinski definition) is 3. The van der Waals surface area contributed by atoms with Crippen LogP contribution in [0, 0.1) is 0 Å². The minimum absolute atomic E-state index is 0.00738. The van der Waals surface area contributed by atoms with Gasteiger partial charge in [0.15, 0.2) is 0 Å². The van der Waals surface area contributed by atoms with E-state index in [0.717, 1.165) is 17.2 Å². The standard InChI is InChI=1S/C10H9BrF3NO3/c1-15(17-2)9(16)6-3-7(11)5-8(4-6)18-10(12,13)14/h3-5H,1-2H3. The Kier molecular flexibility index (Phi) is 4.58. The molecule has 0 bridgehead atoms. The van der Waals surface area contributed by atoms with Gasteiger partial charge in [0.05, 0.1) is 7.11 Å². The molecule has 1 aromatic carbocycles. The summed E-state index contributed by atoms with van der Waals surface area (Å²) < 4.78 is 40.3. The molecule has 0 saturated heterocycles. The van der Waals surface area contributed by atoms with Crippen molar-refractivity contribution in [2.24, 2.45) is 0 Å². The van der Waals surface area contributed by atoms with Crippen molar-refractivity contribution in [2.75, 3.05) is 14.2 Å². The average Bonchev–Trinajstić information content (AvgIpc) is 2.23. The van der Waals surface area contributed by atoms with Crippen molar-refractivity contribution in [1.29, 1.82) is 0 Å². The van der Waals surface area contributed by atoms with Crippen molar-refractivity contribution in [2.45, 2.75) is 6.36 Å². The van der Waals surface area contributed by atoms with Crippen LogP contribution in [0.2, 0.25) is 0 Å². The van der Waals surface area contributed by atoms with Crippen LogP contribution in [0.1, 0.15) is 10.4 Å². The maximum absolute atomic E-state index is 12.1. The lowest BCUT2D eigenvalue weighted by molar-refractivity contribution is -0.274. The molecule has 0 atom stereocenters. The van der Waals surface area contributed by atoms with Gasteiger partial charge in [-0.05, 0) is 18.2 Å². The number of amides is 1. The Morgan fingerprint density at radius 2 is 1.94 bits per heavy atom. The summed E-state index contributed by atoms with van der Waals surface area (Å²) in [5.41, 5.74) is 0.00738. The van der Waals surface area contributed by atoms with Crippen LogP contribution in [0.25, 0.3) is 0 Å². The molecular weight excluding hydrogens is 319 g/mol. The normalized spacial score (nSPS) is 11.2. The van der Waals surface area contributed by atoms with E-state index in [2.05, 4.69) is 25.5 Å². The molecule has 1 amide bonds. The number of alkyl halides is 3. The first kappa shape index (κ1) is 14.8. The van der Waals surface area contributed by atoms with Gasteiger partial charge in [0.2, 0.25) is 0 Å². The summed E-state index contributed by atoms with van der Waals surface area (Å²) in [6.07, 6.45) is -4.81. The van der Waals surface area contributed by atoms with E-state index in [4.69, 9.17) is 0 Å². The van der Waals surface area contributed by atoms with Gasteiger partial charge in [0.25, 0.3) is 5.91 Å². The lowest BCUT2D eigenvalue weighted by Crippen LogP contribution is -2.25. The minimum atomic E-state index is -4.81. The second-order valence-electron chi connectivity index (χ2n) is 3.21. The van der Waals surface area contributed by atoms with Crippen molar-refractivity contribution in [1.82, 2.24) is 5.06 Å². The maximum Gasteiger partial charge on any atom is 0.573 e. The van der Waals surface area contributed by atoms with Crippen LogP contribution in [0.4, 0.5) is 13.2 Å². The number of hydroxylamine groups is 2. The molecule has 0 aliphatic carbocycles. The van der Waals surface area contributed by atoms with E-state index >= 15 is 0 Å². The number of rotatable bonds is 3. The Morgan fingerprint density at radius 1 is 1.33 bits per heavy atom. The second kappa shape index (κ2) is 5.57. The third-order valence-corrected chi connectivity index (χ3v) is 2.37. The van der Waals surface area contributed by atoms with Gasteiger partial charge in [-0.2, -0.15) is 0 Å². The summed E-state index contributed by atoms with van der Waals surface area (Å²) in [4.78, 5) is 16.3. The van der Waals surface area contributed by atoms with Crippen LogP contribution in [0.3, 0.4) is 0 Å². The number of ether oxygens (including phenoxy) is 1. The zero-order valence-electron chi connectivity index (χ0n) is 9.42. The number of halogens is 4. The molecule has 100 valence electrons. The molecule has 1 rings (SSSR count). The highest BCUT2D eigenvalue weighted by Crippen LogP contribution is 2.27. The monoisotopic (exact) mass is 327 g/mol. The van der Waals surface area contributed by atoms with E-state index in [1.807, 2.05) is 0 Å². The zero-order valence-corrected chi connectivity index (χ0v) is 11.0. The van der Waals surface area contributed by atoms with Gasteiger partial charge in [-0.25, -0.2) is 5.06 Å². The summed E-state index contributed by atoms with van der Waals surface area (Å²) in [5.74, 6) is -1.07. The molecule has 4 nitrogen and oxygen atoms in total. The summed E-state index contributed by atoms with van der Waals surface area (Å²) in [7, 11) is 2.61. The molecule has 0 aliphatic heterocycles. The van der Waals surface area contributed by atoms with Gasteiger partial charge in [0.1, 0.15) is 5.75 Å². The Bertz CT molecular complexity index is 450. The predicted octanol–water partition coefficient (Wildman–Crippen LogP) is 2.98. The van der Waals surface area contributed by atoms with Gasteiger partial charge in [-0.1, -0.05) is 15.9 Å². The highest BCUT2D eigenvalue weighted by atomic mass is 79.9. The predicted molar refractivity (Wildman–Crippen MR) is 59.9 cm³/mol. The van der Waals surface area contributed by atoms with Crippen LogP contribution in [0.5, 0.6) is 5.75 Å². The minimum Gasteiger partial charge on any atom is -0.406 e. The molecule has 0 heterocycles. The lowest BCUT2D eigenvalue weighted by Gasteiger charge is -2.15. The molecule has 0 aliphatic rings. The van der Waals surface area contributed by atoms with Crippen molar-refractivity contribution in [3.05, 3.63) is 28.2 Å². The Labute approximate surface area is 109 Å². The summed E-state index contributed by atoms with van der Waals surface area (Å²) >= 11 is 3.00. The number of carbonyl (C=O) groups excluding carboxylic acids is 1. The van der Waals surface area contributed by atoms with E-state index in [-0.39, 0.29) is 10.0 Å². The van der Waals surface area contributed by atoms with Crippen molar-refractivity contribution in [3.8, 4) is 5.75 Å². The summed E-state index contributed by atoms with van der Waals surface area (Å²) in [6, 6.07) is 3.45. The fourth-order valence-electron chi connectivity index (χ4n) is 1.14. The van der Waals surface area contributed by atoms with Gasteiger partial charge in [-0.15, -0.1) is 13.2 Å². The van der Waals surface area contributed by atoms with Crippen molar-refractivity contribution >= 4 is 21.8 Å². The first-order chi connectivity index (χ1) is 8.23. The largest absolute Gasteiger partial charge is 0.573 e. The van der Waals surface area contributed by atoms with Gasteiger partial charge in [0, 0.05) is 17.1 Å². The van der Waals surface area contributed by atoms with Gasteiger partial charge in [-0.3, -0.25) is 9.63 Å². The van der Waals surface area contributed by atoms with E-state index in [9.17, 15) is 18.0 Å². The van der Waals surface area contributed by atoms with Gasteiger partial charge >= 0.3 is 6.36 Å². The van der Waals surface area contributed by atoms with E-state index in [1.165, 1.54) is 20.2 Å². The second-order valence-corrected chi connectivity index (χ2v) is 4.12. The molecule has 0 N–H and O–H groups in total. The van der Waals surface area contributed by atoms with Crippen LogP contribution >= 0.6 is 15.9 Å². The molecule has 0 aromatic heterocycles. The molecular formula is C10H9BrF3NO3. The first-order valence-electron chi connectivity index (χ1n) is 4.61. The molecule has 8 heteroatoms. The van der Waals surface area contributed by atoms with E-state index < -0.39 is 18.0 Å². The van der Waals surface area contributed by atoms with Crippen molar-refractivity contribution < 1.29 is 27.5 Å². The third-order valence-electron chi connectivity index (χ3n) is 1.91. The maximum atomic E-state index is 12.1. The molecule has 0 saturated carbocycles. The number of carbonyl (C=O) groups is 1. The molecule has 18 heavy (non-hydrogen) atoms. The molecule has 0 radical (unpaired) electrons. The molecule has 0 unspecified atom stereocenters. The van der Waals surface area contributed by atoms with E-state index in [1.54, 1.807) is 0 Å². The SMILES string of the molecule is CON(C)C(=O)c1cc(Br)cc(OC(F)(F)F)c1. The van der Waals surface area contributed by atoms with Crippen LogP contribution in [-0.2, 0) is 4.84 Å². The van der Waals surface area contributed by atoms with E-state index in [0.29, 0.717) is 0 Å². The Hall–Kier alpha value is -1.28. The topological polar surface area (TPSA) is 38.8 Å². The quantitative estimate of drug-likeness (QED) is 0.801. The third kappa shape index (κ3) is 4.19. The summed E-state index contributed by atoms with van der Waals surface area (Å²) in [5, 5.41) is 0.888. The van der Waals surface area contributed by atoms with Crippen LogP contribution in [-0.4, -0.2) is 31.5 Å². The first-order valence-corrected chi connectivity index (χ1v) is 5.40. The summed E-state index contributed by atoms with van der Waals surface area (Å²) in [6.45, 7) is 0. The Morgan fingerprint density at radius 3 is 2.44 bits per heavy atom. The molecule has 0 fully saturated rings. The Balaban J connectivity index is 3.05. The number of nitrogens with zero attached hydrogens (tertiary/aromatic N) is 1. The fourth-order valence-corrected chi connectivity index (χ4v) is 1.62. The molecule has 1 aromatic rings. The van der Waals surface area contributed by atoms with Gasteiger partial charge < -0.3 is 4.74 Å². The number of hydrogen-bond donors (Lipinski definition) is 0. The van der Waals surface area contributed by atoms with Crippen LogP contribution < -0.4 is 4.74 Å². The lowest BCUT2D eigenvalue weighted by atomic mass is 10.2. The smallest absolute Gasteiger partial charge is 0.406 e. The molecule has 0 spiro atoms. The average molecular weight is 328 g/mol. The van der Waals surface area contributed by atoms with Crippen LogP contribution in [0.15, 0.2) is 22.7 Å². The highest BCUT2D eigenvalue weighted by Gasteiger charge is 2.31. The van der Waals surface area contributed by atoms with Crippen molar-refractivity contribution in [3.63, 3.8) is 0 Å². The highest BCUT2D eigenvalue weighted by molar-refractivity contribution is 9.10. The number of benzene rings is 1.